The van der Waals surface area contributed by atoms with Gasteiger partial charge in [0.1, 0.15) is 6.04 Å². The summed E-state index contributed by atoms with van der Waals surface area (Å²) in [7, 11) is 0. The maximum Gasteiger partial charge on any atom is 0.320 e. The molecule has 0 saturated carbocycles. The number of carbonyl (C=O) groups is 1. The van der Waals surface area contributed by atoms with Crippen LogP contribution in [0.15, 0.2) is 0 Å². The first-order chi connectivity index (χ1) is 5.22. The standard InChI is InChI=1S/C5H9NO2.C2H6O/c7-5(8)4-2-1-3-6-4;1-2-3/h4,6H,1-3H2,(H,7,8);3H,2H2,1H3/t4-;/m1./s1. The van der Waals surface area contributed by atoms with Gasteiger partial charge >= 0.3 is 5.97 Å². The second-order valence-electron chi connectivity index (χ2n) is 2.30. The van der Waals surface area contributed by atoms with Gasteiger partial charge in [0.25, 0.3) is 0 Å². The molecule has 66 valence electrons. The smallest absolute Gasteiger partial charge is 0.320 e. The number of carboxylic acids is 1. The van der Waals surface area contributed by atoms with Crippen LogP contribution in [0.4, 0.5) is 0 Å². The number of nitrogens with one attached hydrogen (secondary N) is 1. The van der Waals surface area contributed by atoms with E-state index < -0.39 is 5.97 Å². The topological polar surface area (TPSA) is 69.6 Å². The molecule has 1 atom stereocenters. The molecule has 1 aliphatic rings. The molecule has 0 amide bonds. The summed E-state index contributed by atoms with van der Waals surface area (Å²) in [6.45, 7) is 2.79. The second-order valence-corrected chi connectivity index (χ2v) is 2.30. The largest absolute Gasteiger partial charge is 0.480 e. The molecule has 1 heterocycles. The molecular weight excluding hydrogens is 146 g/mol. The predicted molar refractivity (Wildman–Crippen MR) is 41.4 cm³/mol. The van der Waals surface area contributed by atoms with Gasteiger partial charge in [0.05, 0.1) is 0 Å². The van der Waals surface area contributed by atoms with Gasteiger partial charge in [0.2, 0.25) is 0 Å². The van der Waals surface area contributed by atoms with E-state index in [9.17, 15) is 4.79 Å². The fourth-order valence-corrected chi connectivity index (χ4v) is 0.895. The van der Waals surface area contributed by atoms with Crippen LogP contribution in [0.25, 0.3) is 0 Å². The molecular formula is C7H15NO3. The maximum atomic E-state index is 10.1. The third kappa shape index (κ3) is 4.75. The molecule has 11 heavy (non-hydrogen) atoms. The number of aliphatic hydroxyl groups excluding tert-OH is 1. The lowest BCUT2D eigenvalue weighted by atomic mass is 10.2. The minimum atomic E-state index is -0.720. The highest BCUT2D eigenvalue weighted by Gasteiger charge is 2.20. The van der Waals surface area contributed by atoms with Gasteiger partial charge in [0, 0.05) is 6.61 Å². The Bertz CT molecular complexity index is 110. The zero-order chi connectivity index (χ0) is 8.69. The van der Waals surface area contributed by atoms with E-state index in [0.717, 1.165) is 19.4 Å². The Hall–Kier alpha value is -0.610. The number of hydrogen-bond donors (Lipinski definition) is 3. The van der Waals surface area contributed by atoms with Crippen molar-refractivity contribution in [1.82, 2.24) is 5.32 Å². The summed E-state index contributed by atoms with van der Waals surface area (Å²) in [6, 6.07) is -0.269. The van der Waals surface area contributed by atoms with Gasteiger partial charge < -0.3 is 15.5 Å². The van der Waals surface area contributed by atoms with Crippen LogP contribution in [-0.4, -0.2) is 35.4 Å². The van der Waals surface area contributed by atoms with Crippen molar-refractivity contribution in [2.24, 2.45) is 0 Å². The van der Waals surface area contributed by atoms with Crippen LogP contribution in [0.2, 0.25) is 0 Å². The van der Waals surface area contributed by atoms with Gasteiger partial charge in [-0.05, 0) is 26.3 Å². The van der Waals surface area contributed by atoms with Crippen LogP contribution in [0.1, 0.15) is 19.8 Å². The summed E-state index contributed by atoms with van der Waals surface area (Å²) < 4.78 is 0. The number of rotatable bonds is 1. The zero-order valence-corrected chi connectivity index (χ0v) is 6.71. The molecule has 1 saturated heterocycles. The maximum absolute atomic E-state index is 10.1. The Morgan fingerprint density at radius 2 is 2.27 bits per heavy atom. The third-order valence-electron chi connectivity index (χ3n) is 1.36. The van der Waals surface area contributed by atoms with Crippen LogP contribution in [0.5, 0.6) is 0 Å². The minimum absolute atomic E-state index is 0.250. The number of aliphatic hydroxyl groups is 1. The highest BCUT2D eigenvalue weighted by Crippen LogP contribution is 2.03. The van der Waals surface area contributed by atoms with Crippen molar-refractivity contribution in [2.45, 2.75) is 25.8 Å². The van der Waals surface area contributed by atoms with E-state index in [1.807, 2.05) is 0 Å². The molecule has 1 fully saturated rings. The van der Waals surface area contributed by atoms with Crippen molar-refractivity contribution in [3.05, 3.63) is 0 Å². The molecule has 0 radical (unpaired) electrons. The molecule has 0 aromatic heterocycles. The SMILES string of the molecule is CCO.O=C(O)[C@H]1CCCN1. The van der Waals surface area contributed by atoms with Crippen molar-refractivity contribution in [3.63, 3.8) is 0 Å². The van der Waals surface area contributed by atoms with E-state index >= 15 is 0 Å². The van der Waals surface area contributed by atoms with Gasteiger partial charge in [-0.25, -0.2) is 0 Å². The van der Waals surface area contributed by atoms with Crippen molar-refractivity contribution in [1.29, 1.82) is 0 Å². The summed E-state index contributed by atoms with van der Waals surface area (Å²) in [5.74, 6) is -0.720. The highest BCUT2D eigenvalue weighted by atomic mass is 16.4. The summed E-state index contributed by atoms with van der Waals surface area (Å²) in [6.07, 6.45) is 1.78. The molecule has 0 aliphatic carbocycles. The summed E-state index contributed by atoms with van der Waals surface area (Å²) in [5, 5.41) is 18.8. The van der Waals surface area contributed by atoms with Gasteiger partial charge in [0.15, 0.2) is 0 Å². The molecule has 1 aliphatic heterocycles. The number of carboxylic acid groups (broad SMARTS) is 1. The normalized spacial score (nSPS) is 22.2. The second kappa shape index (κ2) is 6.12. The quantitative estimate of drug-likeness (QED) is 0.499. The average Bonchev–Trinajstić information content (AvgIpc) is 2.38. The van der Waals surface area contributed by atoms with Gasteiger partial charge in [-0.3, -0.25) is 4.79 Å². The first-order valence-electron chi connectivity index (χ1n) is 3.79. The molecule has 0 unspecified atom stereocenters. The Morgan fingerprint density at radius 1 is 1.73 bits per heavy atom. The van der Waals surface area contributed by atoms with E-state index in [-0.39, 0.29) is 12.6 Å². The molecule has 4 nitrogen and oxygen atoms in total. The van der Waals surface area contributed by atoms with Crippen molar-refractivity contribution in [2.75, 3.05) is 13.2 Å². The van der Waals surface area contributed by atoms with Crippen LogP contribution >= 0.6 is 0 Å². The van der Waals surface area contributed by atoms with Crippen molar-refractivity contribution < 1.29 is 15.0 Å². The summed E-state index contributed by atoms with van der Waals surface area (Å²) in [5.41, 5.74) is 0. The van der Waals surface area contributed by atoms with E-state index in [4.69, 9.17) is 10.2 Å². The van der Waals surface area contributed by atoms with Crippen LogP contribution in [0, 0.1) is 0 Å². The Balaban J connectivity index is 0.000000292. The fourth-order valence-electron chi connectivity index (χ4n) is 0.895. The Kier molecular flexibility index (Phi) is 5.78. The fraction of sp³-hybridized carbons (Fsp3) is 0.857. The lowest BCUT2D eigenvalue weighted by molar-refractivity contribution is -0.139. The minimum Gasteiger partial charge on any atom is -0.480 e. The Labute approximate surface area is 66.2 Å². The lowest BCUT2D eigenvalue weighted by Crippen LogP contribution is -2.29. The molecule has 0 aromatic carbocycles. The van der Waals surface area contributed by atoms with Crippen LogP contribution < -0.4 is 5.32 Å². The number of aliphatic carboxylic acids is 1. The molecule has 0 bridgehead atoms. The predicted octanol–water partition coefficient (Wildman–Crippen LogP) is -0.178. The average molecular weight is 161 g/mol. The number of hydrogen-bond acceptors (Lipinski definition) is 3. The molecule has 3 N–H and O–H groups in total. The van der Waals surface area contributed by atoms with Gasteiger partial charge in [-0.1, -0.05) is 0 Å². The summed E-state index contributed by atoms with van der Waals surface area (Å²) in [4.78, 5) is 10.1. The van der Waals surface area contributed by atoms with E-state index in [0.29, 0.717) is 0 Å². The molecule has 1 rings (SSSR count). The van der Waals surface area contributed by atoms with E-state index in [1.54, 1.807) is 6.92 Å². The Morgan fingerprint density at radius 3 is 2.45 bits per heavy atom. The van der Waals surface area contributed by atoms with E-state index in [2.05, 4.69) is 5.32 Å². The van der Waals surface area contributed by atoms with Crippen LogP contribution in [-0.2, 0) is 4.79 Å². The van der Waals surface area contributed by atoms with Crippen LogP contribution in [0.3, 0.4) is 0 Å². The van der Waals surface area contributed by atoms with Crippen molar-refractivity contribution in [3.8, 4) is 0 Å². The summed E-state index contributed by atoms with van der Waals surface area (Å²) >= 11 is 0. The van der Waals surface area contributed by atoms with Crippen molar-refractivity contribution >= 4 is 5.97 Å². The third-order valence-corrected chi connectivity index (χ3v) is 1.36. The lowest BCUT2D eigenvalue weighted by Gasteiger charge is -1.99. The first-order valence-corrected chi connectivity index (χ1v) is 3.79. The van der Waals surface area contributed by atoms with Gasteiger partial charge in [-0.15, -0.1) is 0 Å². The van der Waals surface area contributed by atoms with E-state index in [1.165, 1.54) is 0 Å². The monoisotopic (exact) mass is 161 g/mol. The molecule has 4 heteroatoms. The van der Waals surface area contributed by atoms with Gasteiger partial charge in [-0.2, -0.15) is 0 Å². The molecule has 0 spiro atoms. The molecule has 0 aromatic rings. The first kappa shape index (κ1) is 10.4. The zero-order valence-electron chi connectivity index (χ0n) is 6.71. The highest BCUT2D eigenvalue weighted by molar-refractivity contribution is 5.73.